The number of rotatable bonds is 3. The van der Waals surface area contributed by atoms with Crippen molar-refractivity contribution < 1.29 is 9.18 Å². The van der Waals surface area contributed by atoms with Crippen molar-refractivity contribution in [2.24, 2.45) is 0 Å². The van der Waals surface area contributed by atoms with Gasteiger partial charge >= 0.3 is 0 Å². The van der Waals surface area contributed by atoms with Crippen LogP contribution in [0, 0.1) is 12.7 Å². The van der Waals surface area contributed by atoms with Crippen molar-refractivity contribution >= 4 is 17.1 Å². The third-order valence-electron chi connectivity index (χ3n) is 2.68. The molecular formula is C14H13FOS. The highest BCUT2D eigenvalue weighted by Crippen LogP contribution is 2.22. The largest absolute Gasteiger partial charge is 0.288 e. The molecule has 2 rings (SSSR count). The van der Waals surface area contributed by atoms with E-state index in [1.54, 1.807) is 6.07 Å². The van der Waals surface area contributed by atoms with Crippen molar-refractivity contribution in [1.82, 2.24) is 0 Å². The van der Waals surface area contributed by atoms with Gasteiger partial charge in [-0.2, -0.15) is 0 Å². The van der Waals surface area contributed by atoms with Crippen LogP contribution in [-0.4, -0.2) is 5.78 Å². The maximum atomic E-state index is 13.1. The topological polar surface area (TPSA) is 17.1 Å². The molecule has 0 aliphatic carbocycles. The second-order valence-electron chi connectivity index (χ2n) is 3.91. The van der Waals surface area contributed by atoms with E-state index in [9.17, 15) is 9.18 Å². The van der Waals surface area contributed by atoms with E-state index in [1.807, 2.05) is 26.0 Å². The fourth-order valence-electron chi connectivity index (χ4n) is 1.66. The molecule has 0 N–H and O–H groups in total. The van der Waals surface area contributed by atoms with Gasteiger partial charge in [0.1, 0.15) is 5.82 Å². The third kappa shape index (κ3) is 2.44. The molecule has 1 aromatic carbocycles. The Morgan fingerprint density at radius 1 is 1.29 bits per heavy atom. The summed E-state index contributed by atoms with van der Waals surface area (Å²) in [4.78, 5) is 14.0. The van der Waals surface area contributed by atoms with Gasteiger partial charge in [0.25, 0.3) is 0 Å². The fraction of sp³-hybridized carbons (Fsp3) is 0.214. The van der Waals surface area contributed by atoms with Crippen molar-refractivity contribution in [3.8, 4) is 0 Å². The first-order valence-corrected chi connectivity index (χ1v) is 6.33. The van der Waals surface area contributed by atoms with Crippen LogP contribution in [0.2, 0.25) is 0 Å². The van der Waals surface area contributed by atoms with Gasteiger partial charge in [-0.1, -0.05) is 13.0 Å². The van der Waals surface area contributed by atoms with Gasteiger partial charge in [-0.3, -0.25) is 4.79 Å². The van der Waals surface area contributed by atoms with Gasteiger partial charge in [0.15, 0.2) is 0 Å². The van der Waals surface area contributed by atoms with Crippen LogP contribution < -0.4 is 0 Å². The average molecular weight is 248 g/mol. The smallest absolute Gasteiger partial charge is 0.203 e. The molecule has 0 radical (unpaired) electrons. The molecule has 1 aromatic heterocycles. The molecule has 0 bridgehead atoms. The summed E-state index contributed by atoms with van der Waals surface area (Å²) in [5.74, 6) is -0.460. The maximum Gasteiger partial charge on any atom is 0.203 e. The summed E-state index contributed by atoms with van der Waals surface area (Å²) in [5, 5.41) is 0. The molecule has 0 atom stereocenters. The number of hydrogen-bond acceptors (Lipinski definition) is 2. The normalized spacial score (nSPS) is 10.5. The second kappa shape index (κ2) is 4.80. The minimum absolute atomic E-state index is 0.0910. The highest BCUT2D eigenvalue weighted by Gasteiger charge is 2.14. The standard InChI is InChI=1S/C14H13FOS/c1-3-11-6-7-13(17-11)14(16)12-8-10(15)5-4-9(12)2/h4-8H,3H2,1-2H3. The number of hydrogen-bond donors (Lipinski definition) is 0. The predicted octanol–water partition coefficient (Wildman–Crippen LogP) is 3.99. The van der Waals surface area contributed by atoms with Gasteiger partial charge in [0.2, 0.25) is 5.78 Å². The summed E-state index contributed by atoms with van der Waals surface area (Å²) in [6.07, 6.45) is 0.917. The summed E-state index contributed by atoms with van der Waals surface area (Å²) in [6, 6.07) is 8.08. The first kappa shape index (κ1) is 12.0. The summed E-state index contributed by atoms with van der Waals surface area (Å²) in [7, 11) is 0. The van der Waals surface area contributed by atoms with Crippen LogP contribution in [0.15, 0.2) is 30.3 Å². The molecule has 3 heteroatoms. The number of thiophene rings is 1. The predicted molar refractivity (Wildman–Crippen MR) is 68.3 cm³/mol. The van der Waals surface area contributed by atoms with Crippen LogP contribution in [0.3, 0.4) is 0 Å². The Bertz CT molecular complexity index is 557. The lowest BCUT2D eigenvalue weighted by molar-refractivity contribution is 0.104. The molecule has 0 aliphatic rings. The number of aryl methyl sites for hydroxylation is 2. The number of carbonyl (C=O) groups is 1. The molecule has 0 amide bonds. The zero-order chi connectivity index (χ0) is 12.4. The van der Waals surface area contributed by atoms with E-state index in [4.69, 9.17) is 0 Å². The van der Waals surface area contributed by atoms with Crippen LogP contribution in [0.5, 0.6) is 0 Å². The molecule has 2 aromatic rings. The molecule has 88 valence electrons. The molecule has 0 unspecified atom stereocenters. The molecule has 0 spiro atoms. The lowest BCUT2D eigenvalue weighted by atomic mass is 10.0. The Labute approximate surface area is 104 Å². The van der Waals surface area contributed by atoms with Crippen molar-refractivity contribution in [2.45, 2.75) is 20.3 Å². The lowest BCUT2D eigenvalue weighted by Crippen LogP contribution is -2.02. The number of ketones is 1. The van der Waals surface area contributed by atoms with Gasteiger partial charge in [-0.15, -0.1) is 11.3 Å². The monoisotopic (exact) mass is 248 g/mol. The van der Waals surface area contributed by atoms with Crippen LogP contribution in [0.25, 0.3) is 0 Å². The fourth-order valence-corrected chi connectivity index (χ4v) is 2.56. The highest BCUT2D eigenvalue weighted by molar-refractivity contribution is 7.14. The van der Waals surface area contributed by atoms with E-state index in [-0.39, 0.29) is 11.6 Å². The molecule has 0 saturated carbocycles. The number of halogens is 1. The molecule has 0 fully saturated rings. The second-order valence-corrected chi connectivity index (χ2v) is 5.08. The minimum Gasteiger partial charge on any atom is -0.288 e. The van der Waals surface area contributed by atoms with E-state index in [1.165, 1.54) is 28.3 Å². The van der Waals surface area contributed by atoms with E-state index < -0.39 is 0 Å². The first-order valence-electron chi connectivity index (χ1n) is 5.51. The molecule has 0 saturated heterocycles. The van der Waals surface area contributed by atoms with Crippen LogP contribution in [-0.2, 0) is 6.42 Å². The first-order chi connectivity index (χ1) is 8.11. The van der Waals surface area contributed by atoms with Gasteiger partial charge in [0.05, 0.1) is 4.88 Å². The number of carbonyl (C=O) groups excluding carboxylic acids is 1. The summed E-state index contributed by atoms with van der Waals surface area (Å²) in [6.45, 7) is 3.87. The molecular weight excluding hydrogens is 235 g/mol. The SMILES string of the molecule is CCc1ccc(C(=O)c2cc(F)ccc2C)s1. The van der Waals surface area contributed by atoms with Crippen LogP contribution >= 0.6 is 11.3 Å². The summed E-state index contributed by atoms with van der Waals surface area (Å²) < 4.78 is 13.1. The van der Waals surface area contributed by atoms with Crippen LogP contribution in [0.4, 0.5) is 4.39 Å². The Balaban J connectivity index is 2.39. The van der Waals surface area contributed by atoms with Gasteiger partial charge in [-0.05, 0) is 43.2 Å². The van der Waals surface area contributed by atoms with Gasteiger partial charge in [-0.25, -0.2) is 4.39 Å². The van der Waals surface area contributed by atoms with Crippen LogP contribution in [0.1, 0.15) is 32.6 Å². The molecule has 1 heterocycles. The Morgan fingerprint density at radius 2 is 2.06 bits per heavy atom. The van der Waals surface area contributed by atoms with Crippen molar-refractivity contribution in [1.29, 1.82) is 0 Å². The Morgan fingerprint density at radius 3 is 2.71 bits per heavy atom. The van der Waals surface area contributed by atoms with E-state index in [2.05, 4.69) is 0 Å². The molecule has 1 nitrogen and oxygen atoms in total. The third-order valence-corrected chi connectivity index (χ3v) is 3.91. The lowest BCUT2D eigenvalue weighted by Gasteiger charge is -2.03. The maximum absolute atomic E-state index is 13.1. The van der Waals surface area contributed by atoms with E-state index >= 15 is 0 Å². The van der Waals surface area contributed by atoms with E-state index in [0.29, 0.717) is 10.4 Å². The van der Waals surface area contributed by atoms with Crippen molar-refractivity contribution in [3.05, 3.63) is 57.0 Å². The Kier molecular flexibility index (Phi) is 3.38. The number of benzene rings is 1. The molecule has 0 aliphatic heterocycles. The molecule has 17 heavy (non-hydrogen) atoms. The zero-order valence-electron chi connectivity index (χ0n) is 9.79. The Hall–Kier alpha value is -1.48. The highest BCUT2D eigenvalue weighted by atomic mass is 32.1. The quantitative estimate of drug-likeness (QED) is 0.751. The van der Waals surface area contributed by atoms with Crippen molar-refractivity contribution in [2.75, 3.05) is 0 Å². The average Bonchev–Trinajstić information content (AvgIpc) is 2.80. The summed E-state index contributed by atoms with van der Waals surface area (Å²) >= 11 is 1.48. The zero-order valence-corrected chi connectivity index (χ0v) is 10.6. The van der Waals surface area contributed by atoms with Crippen molar-refractivity contribution in [3.63, 3.8) is 0 Å². The van der Waals surface area contributed by atoms with Gasteiger partial charge < -0.3 is 0 Å². The van der Waals surface area contributed by atoms with E-state index in [0.717, 1.165) is 12.0 Å². The minimum atomic E-state index is -0.369. The van der Waals surface area contributed by atoms with Gasteiger partial charge in [0, 0.05) is 10.4 Å². The summed E-state index contributed by atoms with van der Waals surface area (Å²) in [5.41, 5.74) is 1.26.